The van der Waals surface area contributed by atoms with Gasteiger partial charge in [0, 0.05) is 13.1 Å². The number of hydrogen-bond donors (Lipinski definition) is 0. The number of sulfone groups is 1. The molecule has 2 saturated heterocycles. The molecule has 2 heterocycles. The molecule has 4 nitrogen and oxygen atoms in total. The van der Waals surface area contributed by atoms with E-state index in [1.54, 1.807) is 0 Å². The molecule has 1 saturated carbocycles. The van der Waals surface area contributed by atoms with Crippen LogP contribution in [0.1, 0.15) is 36.5 Å². The average molecular weight is 321 g/mol. The van der Waals surface area contributed by atoms with Crippen LogP contribution in [0.15, 0.2) is 30.3 Å². The molecule has 3 atom stereocenters. The number of ether oxygens (including phenoxy) is 1. The van der Waals surface area contributed by atoms with E-state index in [4.69, 9.17) is 4.74 Å². The van der Waals surface area contributed by atoms with Crippen LogP contribution in [0.3, 0.4) is 0 Å². The SMILES string of the molecule is O=S1(=O)[C@H]2CCCC[C@]2(N2CCOCC2)[C@@H]1c1ccccc1. The van der Waals surface area contributed by atoms with Crippen LogP contribution < -0.4 is 0 Å². The summed E-state index contributed by atoms with van der Waals surface area (Å²) in [4.78, 5) is 2.43. The van der Waals surface area contributed by atoms with Crippen molar-refractivity contribution in [2.75, 3.05) is 26.3 Å². The molecule has 5 heteroatoms. The summed E-state index contributed by atoms with van der Waals surface area (Å²) in [6.45, 7) is 3.15. The fraction of sp³-hybridized carbons (Fsp3) is 0.647. The number of benzene rings is 1. The van der Waals surface area contributed by atoms with Gasteiger partial charge in [0.25, 0.3) is 0 Å². The molecule has 3 fully saturated rings. The Morgan fingerprint density at radius 3 is 2.55 bits per heavy atom. The van der Waals surface area contributed by atoms with Crippen LogP contribution in [-0.2, 0) is 14.6 Å². The van der Waals surface area contributed by atoms with E-state index in [1.165, 1.54) is 0 Å². The van der Waals surface area contributed by atoms with Crippen LogP contribution in [0.4, 0.5) is 0 Å². The smallest absolute Gasteiger partial charge is 0.163 e. The predicted molar refractivity (Wildman–Crippen MR) is 85.5 cm³/mol. The largest absolute Gasteiger partial charge is 0.379 e. The second-order valence-electron chi connectivity index (χ2n) is 6.70. The highest BCUT2D eigenvalue weighted by Crippen LogP contribution is 2.59. The molecule has 0 amide bonds. The van der Waals surface area contributed by atoms with Crippen molar-refractivity contribution >= 4 is 9.84 Å². The molecule has 0 spiro atoms. The summed E-state index contributed by atoms with van der Waals surface area (Å²) in [5.74, 6) is 0. The lowest BCUT2D eigenvalue weighted by Gasteiger charge is -2.63. The molecule has 0 bridgehead atoms. The van der Waals surface area contributed by atoms with Gasteiger partial charge in [-0.3, -0.25) is 4.90 Å². The first-order valence-corrected chi connectivity index (χ1v) is 9.89. The highest BCUT2D eigenvalue weighted by atomic mass is 32.2. The maximum atomic E-state index is 13.0. The van der Waals surface area contributed by atoms with Gasteiger partial charge in [-0.2, -0.15) is 0 Å². The number of rotatable bonds is 2. The highest BCUT2D eigenvalue weighted by Gasteiger charge is 2.69. The molecule has 3 aliphatic rings. The van der Waals surface area contributed by atoms with Crippen molar-refractivity contribution in [3.05, 3.63) is 35.9 Å². The van der Waals surface area contributed by atoms with E-state index in [9.17, 15) is 8.42 Å². The zero-order chi connectivity index (χ0) is 15.2. The molecule has 4 rings (SSSR count). The van der Waals surface area contributed by atoms with Crippen molar-refractivity contribution in [1.82, 2.24) is 4.90 Å². The standard InChI is InChI=1S/C17H23NO3S/c19-22(20)15-8-4-5-9-17(15,18-10-12-21-13-11-18)16(22)14-6-2-1-3-7-14/h1-3,6-7,15-16H,4-5,8-13H2/t15-,16-,17+/m0/s1. The molecule has 0 unspecified atom stereocenters. The quantitative estimate of drug-likeness (QED) is 0.837. The molecule has 1 aromatic carbocycles. The van der Waals surface area contributed by atoms with Crippen molar-refractivity contribution in [1.29, 1.82) is 0 Å². The van der Waals surface area contributed by atoms with E-state index in [0.29, 0.717) is 0 Å². The van der Waals surface area contributed by atoms with E-state index < -0.39 is 9.84 Å². The summed E-state index contributed by atoms with van der Waals surface area (Å²) >= 11 is 0. The van der Waals surface area contributed by atoms with E-state index in [1.807, 2.05) is 30.3 Å². The zero-order valence-electron chi connectivity index (χ0n) is 12.8. The zero-order valence-corrected chi connectivity index (χ0v) is 13.6. The highest BCUT2D eigenvalue weighted by molar-refractivity contribution is 7.94. The molecule has 1 aromatic rings. The molecular formula is C17H23NO3S. The van der Waals surface area contributed by atoms with Crippen LogP contribution in [0, 0.1) is 0 Å². The van der Waals surface area contributed by atoms with Crippen LogP contribution in [0.25, 0.3) is 0 Å². The summed E-state index contributed by atoms with van der Waals surface area (Å²) in [5.41, 5.74) is 0.773. The third-order valence-corrected chi connectivity index (χ3v) is 8.51. The normalized spacial score (nSPS) is 38.0. The van der Waals surface area contributed by atoms with E-state index >= 15 is 0 Å². The van der Waals surface area contributed by atoms with E-state index in [2.05, 4.69) is 4.90 Å². The summed E-state index contributed by atoms with van der Waals surface area (Å²) in [7, 11) is -3.07. The number of nitrogens with zero attached hydrogens (tertiary/aromatic N) is 1. The van der Waals surface area contributed by atoms with Crippen molar-refractivity contribution in [2.45, 2.75) is 41.7 Å². The van der Waals surface area contributed by atoms with Gasteiger partial charge in [-0.05, 0) is 18.4 Å². The van der Waals surface area contributed by atoms with Crippen LogP contribution in [0.5, 0.6) is 0 Å². The Morgan fingerprint density at radius 2 is 1.82 bits per heavy atom. The van der Waals surface area contributed by atoms with Gasteiger partial charge in [0.15, 0.2) is 9.84 Å². The lowest BCUT2D eigenvalue weighted by molar-refractivity contribution is -0.0483. The fourth-order valence-corrected chi connectivity index (χ4v) is 7.99. The minimum atomic E-state index is -3.07. The molecule has 2 aliphatic heterocycles. The molecule has 0 radical (unpaired) electrons. The van der Waals surface area contributed by atoms with Gasteiger partial charge in [-0.15, -0.1) is 0 Å². The maximum Gasteiger partial charge on any atom is 0.163 e. The van der Waals surface area contributed by atoms with Gasteiger partial charge in [-0.25, -0.2) is 8.42 Å². The van der Waals surface area contributed by atoms with Crippen LogP contribution >= 0.6 is 0 Å². The Kier molecular flexibility index (Phi) is 3.55. The van der Waals surface area contributed by atoms with Gasteiger partial charge in [0.1, 0.15) is 5.25 Å². The third kappa shape index (κ3) is 1.92. The van der Waals surface area contributed by atoms with Gasteiger partial charge >= 0.3 is 0 Å². The van der Waals surface area contributed by atoms with Crippen LogP contribution in [0.2, 0.25) is 0 Å². The van der Waals surface area contributed by atoms with Gasteiger partial charge in [0.05, 0.1) is 24.0 Å². The molecule has 1 aliphatic carbocycles. The third-order valence-electron chi connectivity index (χ3n) is 5.73. The topological polar surface area (TPSA) is 46.6 Å². The Morgan fingerprint density at radius 1 is 1.09 bits per heavy atom. The lowest BCUT2D eigenvalue weighted by Crippen LogP contribution is -2.75. The van der Waals surface area contributed by atoms with Crippen molar-refractivity contribution in [3.8, 4) is 0 Å². The van der Waals surface area contributed by atoms with Crippen LogP contribution in [-0.4, -0.2) is 50.4 Å². The van der Waals surface area contributed by atoms with Crippen molar-refractivity contribution in [2.24, 2.45) is 0 Å². The second kappa shape index (κ2) is 5.32. The monoisotopic (exact) mass is 321 g/mol. The van der Waals surface area contributed by atoms with Crippen molar-refractivity contribution in [3.63, 3.8) is 0 Å². The summed E-state index contributed by atoms with van der Waals surface area (Å²) < 4.78 is 31.4. The molecule has 0 aromatic heterocycles. The summed E-state index contributed by atoms with van der Waals surface area (Å²) in [6.07, 6.45) is 3.99. The number of morpholine rings is 1. The Balaban J connectivity index is 1.79. The molecule has 22 heavy (non-hydrogen) atoms. The molecule has 0 N–H and O–H groups in total. The van der Waals surface area contributed by atoms with E-state index in [0.717, 1.165) is 57.6 Å². The van der Waals surface area contributed by atoms with Crippen molar-refractivity contribution < 1.29 is 13.2 Å². The number of hydrogen-bond acceptors (Lipinski definition) is 4. The minimum Gasteiger partial charge on any atom is -0.379 e. The summed E-state index contributed by atoms with van der Waals surface area (Å²) in [5, 5.41) is -0.540. The second-order valence-corrected chi connectivity index (χ2v) is 8.92. The first-order valence-electron chi connectivity index (χ1n) is 8.28. The fourth-order valence-electron chi connectivity index (χ4n) is 4.89. The molecule has 120 valence electrons. The Hall–Kier alpha value is -0.910. The predicted octanol–water partition coefficient (Wildman–Crippen LogP) is 2.17. The van der Waals surface area contributed by atoms with E-state index in [-0.39, 0.29) is 16.0 Å². The Bertz CT molecular complexity index is 639. The Labute approximate surface area is 132 Å². The average Bonchev–Trinajstić information content (AvgIpc) is 2.56. The summed E-state index contributed by atoms with van der Waals surface area (Å²) in [6, 6.07) is 9.82. The first-order chi connectivity index (χ1) is 10.7. The first kappa shape index (κ1) is 14.7. The molecular weight excluding hydrogens is 298 g/mol. The number of fused-ring (bicyclic) bond motifs is 1. The van der Waals surface area contributed by atoms with Gasteiger partial charge in [-0.1, -0.05) is 43.2 Å². The minimum absolute atomic E-state index is 0.183. The maximum absolute atomic E-state index is 13.0. The van der Waals surface area contributed by atoms with Gasteiger partial charge < -0.3 is 4.74 Å². The van der Waals surface area contributed by atoms with Gasteiger partial charge in [0.2, 0.25) is 0 Å². The lowest BCUT2D eigenvalue weighted by atomic mass is 9.73.